The van der Waals surface area contributed by atoms with Crippen LogP contribution in [0.5, 0.6) is 0 Å². The van der Waals surface area contributed by atoms with Gasteiger partial charge in [-0.2, -0.15) is 0 Å². The molecule has 0 spiro atoms. The van der Waals surface area contributed by atoms with E-state index in [2.05, 4.69) is 24.0 Å². The Labute approximate surface area is 101 Å². The van der Waals surface area contributed by atoms with Crippen LogP contribution in [0.3, 0.4) is 0 Å². The van der Waals surface area contributed by atoms with Crippen LogP contribution in [0.2, 0.25) is 0 Å². The van der Waals surface area contributed by atoms with Crippen LogP contribution >= 0.6 is 0 Å². The third-order valence-electron chi connectivity index (χ3n) is 3.62. The molecule has 0 aliphatic heterocycles. The van der Waals surface area contributed by atoms with Crippen molar-refractivity contribution in [3.63, 3.8) is 0 Å². The first kappa shape index (κ1) is 10.7. The molecule has 0 amide bonds. The summed E-state index contributed by atoms with van der Waals surface area (Å²) in [6.07, 6.45) is 2.49. The Morgan fingerprint density at radius 1 is 1.24 bits per heavy atom. The molecule has 88 valence electrons. The monoisotopic (exact) mass is 227 g/mol. The van der Waals surface area contributed by atoms with Gasteiger partial charge < -0.3 is 5.11 Å². The van der Waals surface area contributed by atoms with Gasteiger partial charge in [-0.3, -0.25) is 4.98 Å². The minimum Gasteiger partial charge on any atom is -0.389 e. The molecule has 1 saturated carbocycles. The number of pyridine rings is 1. The molecule has 1 fully saturated rings. The van der Waals surface area contributed by atoms with Crippen LogP contribution in [-0.2, 0) is 6.42 Å². The van der Waals surface area contributed by atoms with Gasteiger partial charge in [-0.25, -0.2) is 0 Å². The van der Waals surface area contributed by atoms with Crippen molar-refractivity contribution in [1.82, 2.24) is 4.98 Å². The lowest BCUT2D eigenvalue weighted by atomic mass is 9.69. The smallest absolute Gasteiger partial charge is 0.0708 e. The van der Waals surface area contributed by atoms with E-state index in [4.69, 9.17) is 0 Å². The fourth-order valence-electron chi connectivity index (χ4n) is 2.93. The van der Waals surface area contributed by atoms with E-state index in [9.17, 15) is 5.11 Å². The molecule has 1 N–H and O–H groups in total. The Balaban J connectivity index is 1.86. The topological polar surface area (TPSA) is 33.1 Å². The third kappa shape index (κ3) is 2.05. The van der Waals surface area contributed by atoms with Crippen molar-refractivity contribution in [2.75, 3.05) is 0 Å². The Bertz CT molecular complexity index is 543. The second-order valence-corrected chi connectivity index (χ2v) is 5.41. The van der Waals surface area contributed by atoms with Crippen molar-refractivity contribution in [1.29, 1.82) is 0 Å². The van der Waals surface area contributed by atoms with Crippen LogP contribution in [0, 0.1) is 5.92 Å². The van der Waals surface area contributed by atoms with Gasteiger partial charge in [-0.1, -0.05) is 31.2 Å². The molecule has 2 heteroatoms. The molecule has 0 atom stereocenters. The summed E-state index contributed by atoms with van der Waals surface area (Å²) < 4.78 is 0. The molecule has 0 radical (unpaired) electrons. The predicted molar refractivity (Wildman–Crippen MR) is 68.8 cm³/mol. The summed E-state index contributed by atoms with van der Waals surface area (Å²) in [5.41, 5.74) is 1.51. The van der Waals surface area contributed by atoms with Crippen LogP contribution in [0.25, 0.3) is 10.9 Å². The van der Waals surface area contributed by atoms with Gasteiger partial charge in [-0.05, 0) is 30.9 Å². The SMILES string of the molecule is CC1CC(O)(Cc2ccc3ccccc3n2)C1. The molecule has 1 aliphatic rings. The molecule has 2 nitrogen and oxygen atoms in total. The highest BCUT2D eigenvalue weighted by Crippen LogP contribution is 2.39. The summed E-state index contributed by atoms with van der Waals surface area (Å²) in [4.78, 5) is 4.61. The van der Waals surface area contributed by atoms with Crippen molar-refractivity contribution >= 4 is 10.9 Å². The molecule has 1 heterocycles. The van der Waals surface area contributed by atoms with Crippen LogP contribution in [0.1, 0.15) is 25.5 Å². The Morgan fingerprint density at radius 3 is 2.76 bits per heavy atom. The molecule has 1 aromatic carbocycles. The highest BCUT2D eigenvalue weighted by atomic mass is 16.3. The molecule has 3 rings (SSSR count). The molecule has 0 bridgehead atoms. The number of para-hydroxylation sites is 1. The maximum Gasteiger partial charge on any atom is 0.0708 e. The van der Waals surface area contributed by atoms with E-state index >= 15 is 0 Å². The Kier molecular flexibility index (Phi) is 2.40. The van der Waals surface area contributed by atoms with Gasteiger partial charge in [-0.15, -0.1) is 0 Å². The first-order chi connectivity index (χ1) is 8.15. The maximum absolute atomic E-state index is 10.3. The number of fused-ring (bicyclic) bond motifs is 1. The Hall–Kier alpha value is -1.41. The van der Waals surface area contributed by atoms with Gasteiger partial charge in [0, 0.05) is 17.5 Å². The standard InChI is InChI=1S/C15H17NO/c1-11-8-15(17,9-11)10-13-7-6-12-4-2-3-5-14(12)16-13/h2-7,11,17H,8-10H2,1H3. The van der Waals surface area contributed by atoms with Crippen molar-refractivity contribution < 1.29 is 5.11 Å². The van der Waals surface area contributed by atoms with Crippen LogP contribution in [0.15, 0.2) is 36.4 Å². The number of nitrogens with zero attached hydrogens (tertiary/aromatic N) is 1. The fourth-order valence-corrected chi connectivity index (χ4v) is 2.93. The van der Waals surface area contributed by atoms with E-state index in [1.54, 1.807) is 0 Å². The molecule has 1 aliphatic carbocycles. The summed E-state index contributed by atoms with van der Waals surface area (Å²) in [5, 5.41) is 11.4. The first-order valence-electron chi connectivity index (χ1n) is 6.22. The van der Waals surface area contributed by atoms with Crippen LogP contribution in [-0.4, -0.2) is 15.7 Å². The molecule has 0 saturated heterocycles. The van der Waals surface area contributed by atoms with Gasteiger partial charge in [0.15, 0.2) is 0 Å². The van der Waals surface area contributed by atoms with E-state index in [1.165, 1.54) is 0 Å². The molecular formula is C15H17NO. The summed E-state index contributed by atoms with van der Waals surface area (Å²) in [6.45, 7) is 2.18. The highest BCUT2D eigenvalue weighted by Gasteiger charge is 2.40. The van der Waals surface area contributed by atoms with E-state index in [-0.39, 0.29) is 0 Å². The summed E-state index contributed by atoms with van der Waals surface area (Å²) in [7, 11) is 0. The fraction of sp³-hybridized carbons (Fsp3) is 0.400. The summed E-state index contributed by atoms with van der Waals surface area (Å²) in [5.74, 6) is 0.653. The number of rotatable bonds is 2. The van der Waals surface area contributed by atoms with Gasteiger partial charge in [0.1, 0.15) is 0 Å². The Morgan fingerprint density at radius 2 is 2.00 bits per heavy atom. The molecule has 2 aromatic rings. The number of hydrogen-bond acceptors (Lipinski definition) is 2. The lowest BCUT2D eigenvalue weighted by Gasteiger charge is -2.42. The third-order valence-corrected chi connectivity index (χ3v) is 3.62. The van der Waals surface area contributed by atoms with E-state index in [0.717, 1.165) is 29.4 Å². The normalized spacial score (nSPS) is 28.0. The van der Waals surface area contributed by atoms with E-state index in [0.29, 0.717) is 12.3 Å². The summed E-state index contributed by atoms with van der Waals surface area (Å²) >= 11 is 0. The number of benzene rings is 1. The zero-order valence-corrected chi connectivity index (χ0v) is 10.1. The second kappa shape index (κ2) is 3.81. The van der Waals surface area contributed by atoms with Crippen LogP contribution < -0.4 is 0 Å². The lowest BCUT2D eigenvalue weighted by molar-refractivity contribution is -0.0671. The largest absolute Gasteiger partial charge is 0.389 e. The first-order valence-corrected chi connectivity index (χ1v) is 6.22. The van der Waals surface area contributed by atoms with Crippen molar-refractivity contribution in [3.05, 3.63) is 42.1 Å². The number of hydrogen-bond donors (Lipinski definition) is 1. The van der Waals surface area contributed by atoms with Crippen molar-refractivity contribution in [3.8, 4) is 0 Å². The predicted octanol–water partition coefficient (Wildman–Crippen LogP) is 2.94. The minimum absolute atomic E-state index is 0.505. The quantitative estimate of drug-likeness (QED) is 0.855. The average Bonchev–Trinajstić information content (AvgIpc) is 2.27. The van der Waals surface area contributed by atoms with Crippen molar-refractivity contribution in [2.45, 2.75) is 31.8 Å². The maximum atomic E-state index is 10.3. The van der Waals surface area contributed by atoms with E-state index < -0.39 is 5.60 Å². The highest BCUT2D eigenvalue weighted by molar-refractivity contribution is 5.78. The summed E-state index contributed by atoms with van der Waals surface area (Å²) in [6, 6.07) is 12.2. The minimum atomic E-state index is -0.505. The molecule has 17 heavy (non-hydrogen) atoms. The van der Waals surface area contributed by atoms with Gasteiger partial charge in [0.2, 0.25) is 0 Å². The average molecular weight is 227 g/mol. The second-order valence-electron chi connectivity index (χ2n) is 5.41. The van der Waals surface area contributed by atoms with Crippen molar-refractivity contribution in [2.24, 2.45) is 5.92 Å². The van der Waals surface area contributed by atoms with Gasteiger partial charge in [0.25, 0.3) is 0 Å². The molecule has 1 aromatic heterocycles. The zero-order valence-electron chi connectivity index (χ0n) is 10.1. The lowest BCUT2D eigenvalue weighted by Crippen LogP contribution is -2.44. The van der Waals surface area contributed by atoms with Crippen LogP contribution in [0.4, 0.5) is 0 Å². The number of aromatic nitrogens is 1. The van der Waals surface area contributed by atoms with Gasteiger partial charge >= 0.3 is 0 Å². The molecule has 0 unspecified atom stereocenters. The zero-order chi connectivity index (χ0) is 11.9. The van der Waals surface area contributed by atoms with E-state index in [1.807, 2.05) is 24.3 Å². The van der Waals surface area contributed by atoms with Gasteiger partial charge in [0.05, 0.1) is 11.1 Å². The molecular weight excluding hydrogens is 210 g/mol. The number of aliphatic hydroxyl groups is 1.